The Morgan fingerprint density at radius 1 is 0.714 bits per heavy atom. The van der Waals surface area contributed by atoms with Crippen molar-refractivity contribution < 1.29 is 0 Å². The van der Waals surface area contributed by atoms with Crippen LogP contribution in [0.5, 0.6) is 0 Å². The van der Waals surface area contributed by atoms with Gasteiger partial charge in [0.1, 0.15) is 8.07 Å². The van der Waals surface area contributed by atoms with Crippen LogP contribution in [-0.2, 0) is 0 Å². The second-order valence-corrected chi connectivity index (χ2v) is 10.8. The lowest BCUT2D eigenvalue weighted by molar-refractivity contribution is 1.40. The van der Waals surface area contributed by atoms with Crippen molar-refractivity contribution in [2.24, 2.45) is 0 Å². The van der Waals surface area contributed by atoms with E-state index < -0.39 is 8.07 Å². The molecule has 1 heteroatoms. The second kappa shape index (κ2) is 5.16. The van der Waals surface area contributed by atoms with Gasteiger partial charge in [0.25, 0.3) is 0 Å². The number of hydrogen-bond acceptors (Lipinski definition) is 0. The molecule has 0 unspecified atom stereocenters. The summed E-state index contributed by atoms with van der Waals surface area (Å²) in [6.45, 7) is 9.35. The third kappa shape index (κ3) is 2.42. The van der Waals surface area contributed by atoms with Crippen molar-refractivity contribution in [1.82, 2.24) is 0 Å². The highest BCUT2D eigenvalue weighted by Crippen LogP contribution is 2.17. The normalized spacial score (nSPS) is 11.8. The molecule has 0 saturated carbocycles. The molecule has 3 aromatic carbocycles. The molecule has 0 spiro atoms. The molecule has 21 heavy (non-hydrogen) atoms. The highest BCUT2D eigenvalue weighted by atomic mass is 28.3. The van der Waals surface area contributed by atoms with E-state index in [1.165, 1.54) is 27.1 Å². The molecule has 0 nitrogen and oxygen atoms in total. The summed E-state index contributed by atoms with van der Waals surface area (Å²) in [6.07, 6.45) is 0. The minimum Gasteiger partial charge on any atom is -0.0621 e. The van der Waals surface area contributed by atoms with Gasteiger partial charge in [0, 0.05) is 0 Å². The van der Waals surface area contributed by atoms with Crippen LogP contribution in [0.2, 0.25) is 13.1 Å². The largest absolute Gasteiger partial charge is 0.113 e. The molecule has 0 amide bonds. The van der Waals surface area contributed by atoms with Crippen LogP contribution in [0.3, 0.4) is 0 Å². The van der Waals surface area contributed by atoms with Crippen molar-refractivity contribution in [3.8, 4) is 0 Å². The van der Waals surface area contributed by atoms with Crippen LogP contribution in [0.1, 0.15) is 11.1 Å². The summed E-state index contributed by atoms with van der Waals surface area (Å²) >= 11 is 0. The molecule has 0 fully saturated rings. The lowest BCUT2D eigenvalue weighted by Crippen LogP contribution is -2.54. The summed E-state index contributed by atoms with van der Waals surface area (Å²) in [5.74, 6) is 0. The molecule has 0 radical (unpaired) electrons. The average Bonchev–Trinajstić information content (AvgIpc) is 2.46. The molecular formula is C20H22Si. The minimum absolute atomic E-state index is 1.35. The van der Waals surface area contributed by atoms with Gasteiger partial charge in [-0.25, -0.2) is 0 Å². The van der Waals surface area contributed by atoms with Gasteiger partial charge in [-0.3, -0.25) is 0 Å². The summed E-state index contributed by atoms with van der Waals surface area (Å²) in [5.41, 5.74) is 2.78. The van der Waals surface area contributed by atoms with Gasteiger partial charge < -0.3 is 0 Å². The fraction of sp³-hybridized carbons (Fsp3) is 0.200. The number of aryl methyl sites for hydroxylation is 2. The van der Waals surface area contributed by atoms with E-state index >= 15 is 0 Å². The van der Waals surface area contributed by atoms with Crippen LogP contribution >= 0.6 is 0 Å². The molecule has 106 valence electrons. The zero-order chi connectivity index (χ0) is 15.0. The fourth-order valence-electron chi connectivity index (χ4n) is 3.43. The van der Waals surface area contributed by atoms with Gasteiger partial charge in [-0.05, 0) is 29.8 Å². The summed E-state index contributed by atoms with van der Waals surface area (Å²) in [7, 11) is -1.69. The first kappa shape index (κ1) is 14.1. The monoisotopic (exact) mass is 290 g/mol. The van der Waals surface area contributed by atoms with Crippen LogP contribution in [0.15, 0.2) is 60.7 Å². The number of benzene rings is 3. The van der Waals surface area contributed by atoms with Gasteiger partial charge in [0.15, 0.2) is 0 Å². The maximum atomic E-state index is 2.46. The van der Waals surface area contributed by atoms with E-state index in [1.807, 2.05) is 0 Å². The average molecular weight is 290 g/mol. The quantitative estimate of drug-likeness (QED) is 0.618. The zero-order valence-electron chi connectivity index (χ0n) is 13.3. The SMILES string of the molecule is Cc1ccc([Si](C)(C)c2cccc3ccccc23)c(C)c1. The fourth-order valence-corrected chi connectivity index (χ4v) is 6.69. The minimum atomic E-state index is -1.69. The third-order valence-corrected chi connectivity index (χ3v) is 8.21. The molecule has 3 rings (SSSR count). The maximum Gasteiger partial charge on any atom is 0.113 e. The van der Waals surface area contributed by atoms with E-state index in [2.05, 4.69) is 87.6 Å². The van der Waals surface area contributed by atoms with Crippen molar-refractivity contribution >= 4 is 29.2 Å². The Morgan fingerprint density at radius 3 is 2.19 bits per heavy atom. The first-order chi connectivity index (χ1) is 10.00. The standard InChI is InChI=1S/C20H22Si/c1-15-12-13-19(16(2)14-15)21(3,4)20-11-7-9-17-8-5-6-10-18(17)20/h5-14H,1-4H3. The molecular weight excluding hydrogens is 268 g/mol. The highest BCUT2D eigenvalue weighted by Gasteiger charge is 2.28. The molecule has 0 aliphatic heterocycles. The van der Waals surface area contributed by atoms with Crippen LogP contribution in [-0.4, -0.2) is 8.07 Å². The third-order valence-electron chi connectivity index (χ3n) is 4.52. The molecule has 3 aromatic rings. The highest BCUT2D eigenvalue weighted by molar-refractivity contribution is 7.02. The molecule has 0 aromatic heterocycles. The van der Waals surface area contributed by atoms with E-state index in [-0.39, 0.29) is 0 Å². The maximum absolute atomic E-state index is 2.46. The van der Waals surface area contributed by atoms with Crippen molar-refractivity contribution in [3.05, 3.63) is 71.8 Å². The van der Waals surface area contributed by atoms with Gasteiger partial charge in [0.2, 0.25) is 0 Å². The zero-order valence-corrected chi connectivity index (χ0v) is 14.3. The Balaban J connectivity index is 2.25. The van der Waals surface area contributed by atoms with E-state index in [0.29, 0.717) is 0 Å². The number of rotatable bonds is 2. The molecule has 0 heterocycles. The Kier molecular flexibility index (Phi) is 3.46. The van der Waals surface area contributed by atoms with Crippen molar-refractivity contribution in [1.29, 1.82) is 0 Å². The Hall–Kier alpha value is -1.86. The lowest BCUT2D eigenvalue weighted by atomic mass is 10.1. The lowest BCUT2D eigenvalue weighted by Gasteiger charge is -2.27. The molecule has 0 aliphatic carbocycles. The van der Waals surface area contributed by atoms with Gasteiger partial charge in [0.05, 0.1) is 0 Å². The van der Waals surface area contributed by atoms with Gasteiger partial charge in [-0.15, -0.1) is 0 Å². The van der Waals surface area contributed by atoms with E-state index in [9.17, 15) is 0 Å². The van der Waals surface area contributed by atoms with Crippen LogP contribution < -0.4 is 10.4 Å². The first-order valence-corrected chi connectivity index (χ1v) is 10.6. The van der Waals surface area contributed by atoms with Gasteiger partial charge in [-0.2, -0.15) is 0 Å². The predicted molar refractivity (Wildman–Crippen MR) is 96.6 cm³/mol. The van der Waals surface area contributed by atoms with E-state index in [0.717, 1.165) is 0 Å². The van der Waals surface area contributed by atoms with Crippen LogP contribution in [0.25, 0.3) is 10.8 Å². The van der Waals surface area contributed by atoms with Gasteiger partial charge >= 0.3 is 0 Å². The Bertz CT molecular complexity index is 795. The second-order valence-electron chi connectivity index (χ2n) is 6.47. The smallest absolute Gasteiger partial charge is 0.0621 e. The summed E-state index contributed by atoms with van der Waals surface area (Å²) in [6, 6.07) is 22.4. The molecule has 0 aliphatic rings. The summed E-state index contributed by atoms with van der Waals surface area (Å²) < 4.78 is 0. The molecule has 0 bridgehead atoms. The first-order valence-electron chi connectivity index (χ1n) is 7.56. The summed E-state index contributed by atoms with van der Waals surface area (Å²) in [5, 5.41) is 5.84. The topological polar surface area (TPSA) is 0 Å². The van der Waals surface area contributed by atoms with E-state index in [1.54, 1.807) is 5.19 Å². The molecule has 0 atom stereocenters. The molecule has 0 N–H and O–H groups in total. The predicted octanol–water partition coefficient (Wildman–Crippen LogP) is 4.28. The molecule has 0 saturated heterocycles. The Labute approximate surface area is 128 Å². The van der Waals surface area contributed by atoms with Crippen molar-refractivity contribution in [2.75, 3.05) is 0 Å². The van der Waals surface area contributed by atoms with Crippen LogP contribution in [0.4, 0.5) is 0 Å². The Morgan fingerprint density at radius 2 is 1.43 bits per heavy atom. The van der Waals surface area contributed by atoms with Crippen molar-refractivity contribution in [2.45, 2.75) is 26.9 Å². The number of hydrogen-bond donors (Lipinski definition) is 0. The van der Waals surface area contributed by atoms with E-state index in [4.69, 9.17) is 0 Å². The van der Waals surface area contributed by atoms with Crippen molar-refractivity contribution in [3.63, 3.8) is 0 Å². The van der Waals surface area contributed by atoms with Gasteiger partial charge in [-0.1, -0.05) is 90.1 Å². The van der Waals surface area contributed by atoms with Crippen LogP contribution in [0, 0.1) is 13.8 Å². The number of fused-ring (bicyclic) bond motifs is 1. The summed E-state index contributed by atoms with van der Waals surface area (Å²) in [4.78, 5) is 0.